The lowest BCUT2D eigenvalue weighted by Crippen LogP contribution is -2.33. The first kappa shape index (κ1) is 14.0. The molecule has 0 saturated carbocycles. The molecule has 1 aliphatic heterocycles. The summed E-state index contributed by atoms with van der Waals surface area (Å²) < 4.78 is 0. The molecule has 1 amide bonds. The van der Waals surface area contributed by atoms with E-state index in [2.05, 4.69) is 25.4 Å². The number of hydrogen-bond donors (Lipinski definition) is 2. The van der Waals surface area contributed by atoms with Crippen LogP contribution in [-0.4, -0.2) is 52.2 Å². The van der Waals surface area contributed by atoms with Crippen LogP contribution >= 0.6 is 0 Å². The molecule has 19 heavy (non-hydrogen) atoms. The van der Waals surface area contributed by atoms with Gasteiger partial charge in [0.25, 0.3) is 5.91 Å². The Balaban J connectivity index is 1.63. The molecule has 1 aliphatic rings. The van der Waals surface area contributed by atoms with Gasteiger partial charge in [-0.15, -0.1) is 5.10 Å². The van der Waals surface area contributed by atoms with Crippen LogP contribution < -0.4 is 5.32 Å². The predicted octanol–water partition coefficient (Wildman–Crippen LogP) is 0.973. The topological polar surface area (TPSA) is 73.9 Å². The summed E-state index contributed by atoms with van der Waals surface area (Å²) in [6, 6.07) is 0. The molecule has 1 aromatic heterocycles. The summed E-state index contributed by atoms with van der Waals surface area (Å²) in [5, 5.41) is 9.51. The summed E-state index contributed by atoms with van der Waals surface area (Å²) in [4.78, 5) is 18.3. The number of likely N-dealkylation sites (tertiary alicyclic amines) is 1. The minimum absolute atomic E-state index is 0.186. The van der Waals surface area contributed by atoms with Gasteiger partial charge in [-0.1, -0.05) is 13.3 Å². The van der Waals surface area contributed by atoms with E-state index in [1.807, 2.05) is 6.92 Å². The Morgan fingerprint density at radius 1 is 1.37 bits per heavy atom. The zero-order chi connectivity index (χ0) is 13.5. The van der Waals surface area contributed by atoms with Gasteiger partial charge in [-0.05, 0) is 38.9 Å². The number of hydrogen-bond acceptors (Lipinski definition) is 4. The van der Waals surface area contributed by atoms with E-state index in [4.69, 9.17) is 0 Å². The van der Waals surface area contributed by atoms with Crippen LogP contribution in [-0.2, 0) is 6.42 Å². The van der Waals surface area contributed by atoms with E-state index in [0.717, 1.165) is 25.2 Å². The molecule has 0 spiro atoms. The lowest BCUT2D eigenvalue weighted by Gasteiger charge is -2.26. The number of nitrogens with zero attached hydrogens (tertiary/aromatic N) is 3. The van der Waals surface area contributed by atoms with Crippen molar-refractivity contribution in [3.63, 3.8) is 0 Å². The van der Waals surface area contributed by atoms with Gasteiger partial charge in [-0.25, -0.2) is 4.98 Å². The first-order valence-electron chi connectivity index (χ1n) is 7.21. The van der Waals surface area contributed by atoms with Gasteiger partial charge in [0.05, 0.1) is 0 Å². The summed E-state index contributed by atoms with van der Waals surface area (Å²) in [5.41, 5.74) is 0. The number of piperidine rings is 1. The number of carbonyl (C=O) groups excluding carboxylic acids is 1. The van der Waals surface area contributed by atoms with E-state index in [-0.39, 0.29) is 11.7 Å². The molecule has 1 aromatic rings. The van der Waals surface area contributed by atoms with Crippen LogP contribution in [0.1, 0.15) is 49.1 Å². The van der Waals surface area contributed by atoms with Crippen LogP contribution in [0.2, 0.25) is 0 Å². The summed E-state index contributed by atoms with van der Waals surface area (Å²) in [6.45, 7) is 6.13. The number of H-pyrrole nitrogens is 1. The molecule has 2 heterocycles. The maximum absolute atomic E-state index is 11.8. The van der Waals surface area contributed by atoms with E-state index in [0.29, 0.717) is 6.54 Å². The molecular weight excluding hydrogens is 242 g/mol. The molecule has 1 fully saturated rings. The fourth-order valence-corrected chi connectivity index (χ4v) is 2.32. The van der Waals surface area contributed by atoms with Gasteiger partial charge >= 0.3 is 0 Å². The van der Waals surface area contributed by atoms with Crippen molar-refractivity contribution in [2.24, 2.45) is 0 Å². The second kappa shape index (κ2) is 7.23. The molecule has 1 saturated heterocycles. The Kier molecular flexibility index (Phi) is 5.32. The lowest BCUT2D eigenvalue weighted by molar-refractivity contribution is 0.0941. The van der Waals surface area contributed by atoms with Crippen LogP contribution in [0.4, 0.5) is 0 Å². The van der Waals surface area contributed by atoms with Gasteiger partial charge in [-0.3, -0.25) is 9.89 Å². The molecule has 0 aliphatic carbocycles. The first-order chi connectivity index (χ1) is 9.29. The molecular formula is C13H23N5O. The number of aryl methyl sites for hydroxylation is 1. The van der Waals surface area contributed by atoms with Crippen molar-refractivity contribution in [2.45, 2.75) is 39.0 Å². The number of amides is 1. The minimum Gasteiger partial charge on any atom is -0.349 e. The average Bonchev–Trinajstić information content (AvgIpc) is 2.93. The van der Waals surface area contributed by atoms with Crippen LogP contribution in [0.15, 0.2) is 0 Å². The molecule has 0 radical (unpaired) electrons. The summed E-state index contributed by atoms with van der Waals surface area (Å²) in [5.74, 6) is 0.808. The van der Waals surface area contributed by atoms with Crippen molar-refractivity contribution in [3.05, 3.63) is 11.6 Å². The highest BCUT2D eigenvalue weighted by atomic mass is 16.2. The van der Waals surface area contributed by atoms with Gasteiger partial charge in [0.1, 0.15) is 5.82 Å². The van der Waals surface area contributed by atoms with Crippen LogP contribution in [0, 0.1) is 0 Å². The third kappa shape index (κ3) is 4.31. The van der Waals surface area contributed by atoms with E-state index in [1.54, 1.807) is 0 Å². The zero-order valence-electron chi connectivity index (χ0n) is 11.6. The van der Waals surface area contributed by atoms with Crippen molar-refractivity contribution in [3.8, 4) is 0 Å². The minimum atomic E-state index is -0.186. The maximum Gasteiger partial charge on any atom is 0.290 e. The van der Waals surface area contributed by atoms with Crippen LogP contribution in [0.5, 0.6) is 0 Å². The standard InChI is InChI=1S/C13H23N5O/c1-2-11-15-12(17-16-11)13(19)14-7-6-10-18-8-4-3-5-9-18/h2-10H2,1H3,(H,14,19)(H,15,16,17). The molecule has 106 valence electrons. The molecule has 6 nitrogen and oxygen atoms in total. The Labute approximate surface area is 114 Å². The van der Waals surface area contributed by atoms with Gasteiger partial charge < -0.3 is 10.2 Å². The van der Waals surface area contributed by atoms with E-state index >= 15 is 0 Å². The zero-order valence-corrected chi connectivity index (χ0v) is 11.6. The second-order valence-electron chi connectivity index (χ2n) is 4.97. The smallest absolute Gasteiger partial charge is 0.290 e. The van der Waals surface area contributed by atoms with E-state index in [1.165, 1.54) is 32.4 Å². The summed E-state index contributed by atoms with van der Waals surface area (Å²) in [7, 11) is 0. The third-order valence-electron chi connectivity index (χ3n) is 3.46. The third-order valence-corrected chi connectivity index (χ3v) is 3.46. The SMILES string of the molecule is CCc1nc(C(=O)NCCCN2CCCCC2)n[nH]1. The average molecular weight is 265 g/mol. The van der Waals surface area contributed by atoms with Gasteiger partial charge in [0, 0.05) is 13.0 Å². The summed E-state index contributed by atoms with van der Waals surface area (Å²) in [6.07, 6.45) is 5.72. The monoisotopic (exact) mass is 265 g/mol. The Hall–Kier alpha value is -1.43. The normalized spacial score (nSPS) is 16.5. The number of aromatic amines is 1. The highest BCUT2D eigenvalue weighted by Gasteiger charge is 2.12. The van der Waals surface area contributed by atoms with E-state index in [9.17, 15) is 4.79 Å². The quantitative estimate of drug-likeness (QED) is 0.752. The fraction of sp³-hybridized carbons (Fsp3) is 0.769. The molecule has 6 heteroatoms. The van der Waals surface area contributed by atoms with Gasteiger partial charge in [-0.2, -0.15) is 0 Å². The molecule has 0 unspecified atom stereocenters. The molecule has 0 bridgehead atoms. The van der Waals surface area contributed by atoms with Gasteiger partial charge in [0.15, 0.2) is 0 Å². The number of rotatable bonds is 6. The molecule has 0 atom stereocenters. The Morgan fingerprint density at radius 3 is 2.84 bits per heavy atom. The largest absolute Gasteiger partial charge is 0.349 e. The van der Waals surface area contributed by atoms with E-state index < -0.39 is 0 Å². The highest BCUT2D eigenvalue weighted by Crippen LogP contribution is 2.08. The molecule has 2 N–H and O–H groups in total. The predicted molar refractivity (Wildman–Crippen MR) is 73.0 cm³/mol. The molecule has 0 aromatic carbocycles. The van der Waals surface area contributed by atoms with Crippen molar-refractivity contribution in [2.75, 3.05) is 26.2 Å². The van der Waals surface area contributed by atoms with Crippen LogP contribution in [0.3, 0.4) is 0 Å². The van der Waals surface area contributed by atoms with Crippen LogP contribution in [0.25, 0.3) is 0 Å². The lowest BCUT2D eigenvalue weighted by atomic mass is 10.1. The Bertz CT molecular complexity index is 397. The highest BCUT2D eigenvalue weighted by molar-refractivity contribution is 5.90. The van der Waals surface area contributed by atoms with Crippen molar-refractivity contribution >= 4 is 5.91 Å². The van der Waals surface area contributed by atoms with Crippen molar-refractivity contribution in [1.82, 2.24) is 25.4 Å². The summed E-state index contributed by atoms with van der Waals surface area (Å²) >= 11 is 0. The fourth-order valence-electron chi connectivity index (χ4n) is 2.32. The van der Waals surface area contributed by atoms with Crippen molar-refractivity contribution in [1.29, 1.82) is 0 Å². The molecule has 2 rings (SSSR count). The number of nitrogens with one attached hydrogen (secondary N) is 2. The maximum atomic E-state index is 11.8. The van der Waals surface area contributed by atoms with Gasteiger partial charge in [0.2, 0.25) is 5.82 Å². The number of carbonyl (C=O) groups is 1. The first-order valence-corrected chi connectivity index (χ1v) is 7.21. The Morgan fingerprint density at radius 2 is 2.16 bits per heavy atom. The second-order valence-corrected chi connectivity index (χ2v) is 4.97. The number of aromatic nitrogens is 3. The van der Waals surface area contributed by atoms with Crippen molar-refractivity contribution < 1.29 is 4.79 Å².